The fourth-order valence-corrected chi connectivity index (χ4v) is 3.93. The first-order valence-corrected chi connectivity index (χ1v) is 10.9. The molecule has 2 amide bonds. The summed E-state index contributed by atoms with van der Waals surface area (Å²) in [7, 11) is 0. The summed E-state index contributed by atoms with van der Waals surface area (Å²) in [6, 6.07) is 5.89. The molecule has 0 spiro atoms. The third kappa shape index (κ3) is 5.44. The summed E-state index contributed by atoms with van der Waals surface area (Å²) in [5, 5.41) is 3.24. The fraction of sp³-hybridized carbons (Fsp3) is 0.591. The molecule has 164 valence electrons. The van der Waals surface area contributed by atoms with Crippen LogP contribution >= 0.6 is 0 Å². The molecule has 2 aliphatic rings. The Morgan fingerprint density at radius 3 is 2.37 bits per heavy atom. The minimum absolute atomic E-state index is 0.160. The quantitative estimate of drug-likeness (QED) is 0.367. The lowest BCUT2D eigenvalue weighted by Crippen LogP contribution is -2.47. The van der Waals surface area contributed by atoms with Gasteiger partial charge in [-0.2, -0.15) is 0 Å². The lowest BCUT2D eigenvalue weighted by atomic mass is 10.2. The number of esters is 1. The van der Waals surface area contributed by atoms with Crippen molar-refractivity contribution >= 4 is 23.5 Å². The first kappa shape index (κ1) is 22.4. The van der Waals surface area contributed by atoms with E-state index in [4.69, 9.17) is 4.74 Å². The van der Waals surface area contributed by atoms with E-state index in [0.717, 1.165) is 45.7 Å². The molecule has 1 aromatic carbocycles. The number of nitrogens with one attached hydrogen (secondary N) is 1. The summed E-state index contributed by atoms with van der Waals surface area (Å²) < 4.78 is 4.96. The van der Waals surface area contributed by atoms with Crippen LogP contribution in [0.15, 0.2) is 24.3 Å². The van der Waals surface area contributed by atoms with Gasteiger partial charge in [0, 0.05) is 26.2 Å². The molecule has 2 saturated heterocycles. The molecule has 0 unspecified atom stereocenters. The van der Waals surface area contributed by atoms with Crippen molar-refractivity contribution in [1.82, 2.24) is 15.1 Å². The monoisotopic (exact) mass is 416 g/mol. The summed E-state index contributed by atoms with van der Waals surface area (Å²) >= 11 is 0. The molecule has 8 nitrogen and oxygen atoms in total. The number of amides is 2. The number of imide groups is 1. The van der Waals surface area contributed by atoms with E-state index < -0.39 is 12.0 Å². The largest absolute Gasteiger partial charge is 0.462 e. The SMILES string of the molecule is CCOC(=O)c1ccc(N2C(=O)C[C@H](NCCCN3CCN(CC)CC3)C2=O)cc1. The number of anilines is 1. The summed E-state index contributed by atoms with van der Waals surface area (Å²) in [5.41, 5.74) is 0.880. The van der Waals surface area contributed by atoms with E-state index in [1.165, 1.54) is 4.90 Å². The zero-order valence-electron chi connectivity index (χ0n) is 17.9. The Bertz CT molecular complexity index is 744. The molecule has 1 aromatic rings. The molecule has 0 radical (unpaired) electrons. The van der Waals surface area contributed by atoms with Gasteiger partial charge in [0.15, 0.2) is 0 Å². The average molecular weight is 417 g/mol. The number of likely N-dealkylation sites (N-methyl/N-ethyl adjacent to an activating group) is 1. The van der Waals surface area contributed by atoms with E-state index in [1.807, 2.05) is 0 Å². The third-order valence-corrected chi connectivity index (χ3v) is 5.74. The molecule has 30 heavy (non-hydrogen) atoms. The summed E-state index contributed by atoms with van der Waals surface area (Å²) in [6.45, 7) is 11.4. The van der Waals surface area contributed by atoms with Crippen molar-refractivity contribution in [3.63, 3.8) is 0 Å². The highest BCUT2D eigenvalue weighted by molar-refractivity contribution is 6.22. The molecule has 2 heterocycles. The Kier molecular flexibility index (Phi) is 7.95. The van der Waals surface area contributed by atoms with Gasteiger partial charge in [0.05, 0.1) is 30.3 Å². The van der Waals surface area contributed by atoms with Crippen LogP contribution in [0.2, 0.25) is 0 Å². The van der Waals surface area contributed by atoms with E-state index >= 15 is 0 Å². The average Bonchev–Trinajstić information content (AvgIpc) is 3.05. The van der Waals surface area contributed by atoms with Crippen LogP contribution in [0.1, 0.15) is 37.0 Å². The smallest absolute Gasteiger partial charge is 0.338 e. The standard InChI is InChI=1S/C22H32N4O4/c1-3-24-12-14-25(15-13-24)11-5-10-23-19-16-20(27)26(21(19)28)18-8-6-17(7-9-18)22(29)30-4-2/h6-9,19,23H,3-5,10-16H2,1-2H3/t19-/m0/s1. The Labute approximate surface area is 178 Å². The van der Waals surface area contributed by atoms with Crippen molar-refractivity contribution < 1.29 is 19.1 Å². The molecule has 8 heteroatoms. The van der Waals surface area contributed by atoms with E-state index in [0.29, 0.717) is 24.4 Å². The van der Waals surface area contributed by atoms with Gasteiger partial charge in [-0.1, -0.05) is 6.92 Å². The molecule has 0 saturated carbocycles. The van der Waals surface area contributed by atoms with Crippen LogP contribution in [0, 0.1) is 0 Å². The lowest BCUT2D eigenvalue weighted by Gasteiger charge is -2.34. The zero-order chi connectivity index (χ0) is 21.5. The molecule has 2 fully saturated rings. The lowest BCUT2D eigenvalue weighted by molar-refractivity contribution is -0.121. The topological polar surface area (TPSA) is 82.2 Å². The highest BCUT2D eigenvalue weighted by Gasteiger charge is 2.39. The van der Waals surface area contributed by atoms with Gasteiger partial charge >= 0.3 is 5.97 Å². The van der Waals surface area contributed by atoms with Gasteiger partial charge in [0.2, 0.25) is 5.91 Å². The maximum absolute atomic E-state index is 12.7. The highest BCUT2D eigenvalue weighted by Crippen LogP contribution is 2.23. The van der Waals surface area contributed by atoms with Gasteiger partial charge in [-0.05, 0) is 57.2 Å². The maximum Gasteiger partial charge on any atom is 0.338 e. The predicted molar refractivity (Wildman–Crippen MR) is 114 cm³/mol. The molecular weight excluding hydrogens is 384 g/mol. The van der Waals surface area contributed by atoms with E-state index in [9.17, 15) is 14.4 Å². The van der Waals surface area contributed by atoms with Crippen molar-refractivity contribution in [2.45, 2.75) is 32.7 Å². The van der Waals surface area contributed by atoms with Gasteiger partial charge in [0.25, 0.3) is 5.91 Å². The van der Waals surface area contributed by atoms with Gasteiger partial charge < -0.3 is 19.9 Å². The summed E-state index contributed by atoms with van der Waals surface area (Å²) in [5.74, 6) is -0.878. The van der Waals surface area contributed by atoms with Crippen LogP contribution in [0.4, 0.5) is 5.69 Å². The normalized spacial score (nSPS) is 20.7. The molecule has 0 bridgehead atoms. The number of hydrogen-bond donors (Lipinski definition) is 1. The van der Waals surface area contributed by atoms with Crippen LogP contribution in [-0.2, 0) is 14.3 Å². The van der Waals surface area contributed by atoms with Gasteiger partial charge in [-0.25, -0.2) is 9.69 Å². The molecule has 0 aromatic heterocycles. The molecule has 1 N–H and O–H groups in total. The maximum atomic E-state index is 12.7. The van der Waals surface area contributed by atoms with Gasteiger partial charge in [-0.15, -0.1) is 0 Å². The fourth-order valence-electron chi connectivity index (χ4n) is 3.93. The second-order valence-electron chi connectivity index (χ2n) is 7.68. The van der Waals surface area contributed by atoms with Crippen LogP contribution in [0.3, 0.4) is 0 Å². The van der Waals surface area contributed by atoms with Crippen LogP contribution in [0.5, 0.6) is 0 Å². The molecular formula is C22H32N4O4. The number of carbonyl (C=O) groups is 3. The van der Waals surface area contributed by atoms with Gasteiger partial charge in [-0.3, -0.25) is 9.59 Å². The minimum Gasteiger partial charge on any atom is -0.462 e. The summed E-state index contributed by atoms with van der Waals surface area (Å²) in [6.07, 6.45) is 1.10. The number of nitrogens with zero attached hydrogens (tertiary/aromatic N) is 3. The van der Waals surface area contributed by atoms with E-state index in [2.05, 4.69) is 22.0 Å². The van der Waals surface area contributed by atoms with Crippen LogP contribution in [0.25, 0.3) is 0 Å². The molecule has 3 rings (SSSR count). The van der Waals surface area contributed by atoms with Crippen LogP contribution in [-0.4, -0.2) is 86.0 Å². The number of ether oxygens (including phenoxy) is 1. The van der Waals surface area contributed by atoms with Crippen molar-refractivity contribution in [3.8, 4) is 0 Å². The van der Waals surface area contributed by atoms with Gasteiger partial charge in [0.1, 0.15) is 0 Å². The third-order valence-electron chi connectivity index (χ3n) is 5.74. The first-order chi connectivity index (χ1) is 14.5. The highest BCUT2D eigenvalue weighted by atomic mass is 16.5. The molecule has 2 aliphatic heterocycles. The summed E-state index contributed by atoms with van der Waals surface area (Å²) in [4.78, 5) is 43.0. The number of hydrogen-bond acceptors (Lipinski definition) is 7. The first-order valence-electron chi connectivity index (χ1n) is 10.9. The Morgan fingerprint density at radius 2 is 1.73 bits per heavy atom. The van der Waals surface area contributed by atoms with Crippen molar-refractivity contribution in [2.24, 2.45) is 0 Å². The zero-order valence-corrected chi connectivity index (χ0v) is 17.9. The second kappa shape index (κ2) is 10.7. The van der Waals surface area contributed by atoms with Crippen molar-refractivity contribution in [1.29, 1.82) is 0 Å². The number of rotatable bonds is 9. The van der Waals surface area contributed by atoms with Crippen molar-refractivity contribution in [3.05, 3.63) is 29.8 Å². The Hall–Kier alpha value is -2.29. The molecule has 0 aliphatic carbocycles. The van der Waals surface area contributed by atoms with E-state index in [1.54, 1.807) is 31.2 Å². The number of carbonyl (C=O) groups excluding carboxylic acids is 3. The minimum atomic E-state index is -0.487. The Morgan fingerprint density at radius 1 is 1.07 bits per heavy atom. The van der Waals surface area contributed by atoms with E-state index in [-0.39, 0.29) is 18.2 Å². The Balaban J connectivity index is 1.46. The van der Waals surface area contributed by atoms with Crippen LogP contribution < -0.4 is 10.2 Å². The second-order valence-corrected chi connectivity index (χ2v) is 7.68. The number of piperazine rings is 1. The molecule has 1 atom stereocenters. The predicted octanol–water partition coefficient (Wildman–Crippen LogP) is 1.11. The number of benzene rings is 1. The van der Waals surface area contributed by atoms with Crippen molar-refractivity contribution in [2.75, 3.05) is 57.3 Å².